The van der Waals surface area contributed by atoms with Crippen LogP contribution in [-0.4, -0.2) is 51.4 Å². The fraction of sp³-hybridized carbons (Fsp3) is 0.333. The molecule has 8 heteroatoms. The number of hydrogen-bond donors (Lipinski definition) is 1. The number of halogens is 1. The van der Waals surface area contributed by atoms with Gasteiger partial charge in [0.1, 0.15) is 12.4 Å². The third-order valence-electron chi connectivity index (χ3n) is 6.52. The summed E-state index contributed by atoms with van der Waals surface area (Å²) in [6.07, 6.45) is 0.340. The number of H-pyrrole nitrogens is 1. The molecule has 0 bridgehead atoms. The molecule has 7 nitrogen and oxygen atoms in total. The summed E-state index contributed by atoms with van der Waals surface area (Å²) in [5.41, 5.74) is 5.69. The number of amides is 2. The number of nitrogens with zero attached hydrogens (tertiary/aromatic N) is 3. The van der Waals surface area contributed by atoms with Gasteiger partial charge in [-0.1, -0.05) is 35.4 Å². The van der Waals surface area contributed by atoms with E-state index in [0.29, 0.717) is 42.9 Å². The highest BCUT2D eigenvalue weighted by molar-refractivity contribution is 5.97. The Bertz CT molecular complexity index is 1340. The van der Waals surface area contributed by atoms with Gasteiger partial charge in [0.15, 0.2) is 0 Å². The van der Waals surface area contributed by atoms with Crippen molar-refractivity contribution in [3.8, 4) is 0 Å². The van der Waals surface area contributed by atoms with Gasteiger partial charge in [-0.05, 0) is 56.5 Å². The molecule has 1 fully saturated rings. The molecule has 0 radical (unpaired) electrons. The van der Waals surface area contributed by atoms with Gasteiger partial charge in [-0.3, -0.25) is 14.4 Å². The van der Waals surface area contributed by atoms with Gasteiger partial charge in [0.2, 0.25) is 5.91 Å². The summed E-state index contributed by atoms with van der Waals surface area (Å²) in [7, 11) is 0. The average Bonchev–Trinajstić information content (AvgIpc) is 2.81. The number of hydrogen-bond acceptors (Lipinski definition) is 4. The van der Waals surface area contributed by atoms with Crippen molar-refractivity contribution in [2.75, 3.05) is 19.6 Å². The lowest BCUT2D eigenvalue weighted by atomic mass is 10.0. The third-order valence-corrected chi connectivity index (χ3v) is 6.52. The zero-order valence-electron chi connectivity index (χ0n) is 20.4. The molecule has 182 valence electrons. The number of piperazine rings is 1. The van der Waals surface area contributed by atoms with Crippen LogP contribution in [0, 0.1) is 33.5 Å². The number of aromatic nitrogens is 2. The highest BCUT2D eigenvalue weighted by atomic mass is 19.1. The minimum atomic E-state index is -0.633. The van der Waals surface area contributed by atoms with Crippen LogP contribution in [0.3, 0.4) is 0 Å². The van der Waals surface area contributed by atoms with Gasteiger partial charge >= 0.3 is 0 Å². The Morgan fingerprint density at radius 2 is 1.69 bits per heavy atom. The SMILES string of the molecule is Cc1cc(C)cc(CN2CCN(C(=O)c3cc(Cc4n[nH]c(=O)c(C)c4C)ccc3F)CC2=O)c1. The second-order valence-corrected chi connectivity index (χ2v) is 9.28. The molecule has 2 aromatic carbocycles. The number of aryl methyl sites for hydroxylation is 2. The Hall–Kier alpha value is -3.81. The Morgan fingerprint density at radius 1 is 0.971 bits per heavy atom. The minimum Gasteiger partial charge on any atom is -0.335 e. The second-order valence-electron chi connectivity index (χ2n) is 9.28. The monoisotopic (exact) mass is 476 g/mol. The van der Waals surface area contributed by atoms with Crippen molar-refractivity contribution in [1.82, 2.24) is 20.0 Å². The zero-order valence-corrected chi connectivity index (χ0v) is 20.4. The zero-order chi connectivity index (χ0) is 25.3. The lowest BCUT2D eigenvalue weighted by Gasteiger charge is -2.34. The van der Waals surface area contributed by atoms with Crippen LogP contribution in [0.5, 0.6) is 0 Å². The molecule has 0 unspecified atom stereocenters. The lowest BCUT2D eigenvalue weighted by Crippen LogP contribution is -2.51. The van der Waals surface area contributed by atoms with E-state index in [1.807, 2.05) is 20.8 Å². The summed E-state index contributed by atoms with van der Waals surface area (Å²) >= 11 is 0. The first kappa shape index (κ1) is 24.3. The molecule has 1 aliphatic heterocycles. The highest BCUT2D eigenvalue weighted by Crippen LogP contribution is 2.19. The first-order valence-electron chi connectivity index (χ1n) is 11.6. The Kier molecular flexibility index (Phi) is 6.82. The number of carbonyl (C=O) groups excluding carboxylic acids is 2. The number of nitrogens with one attached hydrogen (secondary N) is 1. The maximum atomic E-state index is 14.6. The molecular weight excluding hydrogens is 447 g/mol. The molecule has 0 saturated carbocycles. The van der Waals surface area contributed by atoms with Gasteiger partial charge < -0.3 is 9.80 Å². The van der Waals surface area contributed by atoms with Crippen molar-refractivity contribution >= 4 is 11.8 Å². The molecule has 1 saturated heterocycles. The van der Waals surface area contributed by atoms with E-state index in [-0.39, 0.29) is 23.6 Å². The molecule has 4 rings (SSSR count). The number of rotatable bonds is 5. The van der Waals surface area contributed by atoms with Crippen LogP contribution in [0.2, 0.25) is 0 Å². The summed E-state index contributed by atoms with van der Waals surface area (Å²) in [4.78, 5) is 40.8. The van der Waals surface area contributed by atoms with Crippen LogP contribution < -0.4 is 5.56 Å². The largest absolute Gasteiger partial charge is 0.335 e. The molecule has 1 N–H and O–H groups in total. The van der Waals surface area contributed by atoms with Crippen LogP contribution in [0.1, 0.15) is 49.4 Å². The lowest BCUT2D eigenvalue weighted by molar-refractivity contribution is -0.135. The molecule has 0 atom stereocenters. The van der Waals surface area contributed by atoms with E-state index in [4.69, 9.17) is 0 Å². The molecule has 1 aromatic heterocycles. The molecule has 2 heterocycles. The topological polar surface area (TPSA) is 86.4 Å². The molecule has 2 amide bonds. The summed E-state index contributed by atoms with van der Waals surface area (Å²) in [5, 5.41) is 6.57. The predicted octanol–water partition coefficient (Wildman–Crippen LogP) is 3.22. The van der Waals surface area contributed by atoms with Crippen LogP contribution in [-0.2, 0) is 17.8 Å². The van der Waals surface area contributed by atoms with Gasteiger partial charge in [0.05, 0.1) is 11.3 Å². The summed E-state index contributed by atoms with van der Waals surface area (Å²) in [6, 6.07) is 10.6. The van der Waals surface area contributed by atoms with E-state index in [1.165, 1.54) is 17.0 Å². The predicted molar refractivity (Wildman–Crippen MR) is 131 cm³/mol. The molecule has 0 aliphatic carbocycles. The van der Waals surface area contributed by atoms with E-state index >= 15 is 0 Å². The van der Waals surface area contributed by atoms with Crippen LogP contribution in [0.15, 0.2) is 41.2 Å². The van der Waals surface area contributed by atoms with Crippen molar-refractivity contribution in [3.05, 3.63) is 97.2 Å². The van der Waals surface area contributed by atoms with E-state index in [9.17, 15) is 18.8 Å². The fourth-order valence-corrected chi connectivity index (χ4v) is 4.48. The quantitative estimate of drug-likeness (QED) is 0.613. The molecule has 35 heavy (non-hydrogen) atoms. The number of benzene rings is 2. The van der Waals surface area contributed by atoms with Gasteiger partial charge in [0.25, 0.3) is 11.5 Å². The maximum Gasteiger partial charge on any atom is 0.267 e. The summed E-state index contributed by atoms with van der Waals surface area (Å²) in [6.45, 7) is 8.69. The Morgan fingerprint density at radius 3 is 2.37 bits per heavy atom. The van der Waals surface area contributed by atoms with E-state index < -0.39 is 11.7 Å². The van der Waals surface area contributed by atoms with E-state index in [0.717, 1.165) is 22.3 Å². The number of carbonyl (C=O) groups is 2. The first-order valence-corrected chi connectivity index (χ1v) is 11.6. The molecule has 3 aromatic rings. The van der Waals surface area contributed by atoms with Crippen LogP contribution in [0.25, 0.3) is 0 Å². The normalized spacial score (nSPS) is 13.9. The van der Waals surface area contributed by atoms with Gasteiger partial charge in [0, 0.05) is 31.6 Å². The molecule has 0 spiro atoms. The smallest absolute Gasteiger partial charge is 0.267 e. The van der Waals surface area contributed by atoms with Crippen LogP contribution in [0.4, 0.5) is 4.39 Å². The van der Waals surface area contributed by atoms with E-state index in [2.05, 4.69) is 28.4 Å². The third kappa shape index (κ3) is 5.31. The van der Waals surface area contributed by atoms with Crippen molar-refractivity contribution in [2.24, 2.45) is 0 Å². The van der Waals surface area contributed by atoms with Crippen molar-refractivity contribution in [1.29, 1.82) is 0 Å². The maximum absolute atomic E-state index is 14.6. The van der Waals surface area contributed by atoms with Crippen molar-refractivity contribution in [3.63, 3.8) is 0 Å². The summed E-state index contributed by atoms with van der Waals surface area (Å²) in [5.74, 6) is -1.30. The van der Waals surface area contributed by atoms with Crippen molar-refractivity contribution in [2.45, 2.75) is 40.7 Å². The average molecular weight is 477 g/mol. The first-order chi connectivity index (χ1) is 16.6. The highest BCUT2D eigenvalue weighted by Gasteiger charge is 2.29. The second kappa shape index (κ2) is 9.82. The fourth-order valence-electron chi connectivity index (χ4n) is 4.48. The van der Waals surface area contributed by atoms with Gasteiger partial charge in [-0.15, -0.1) is 0 Å². The Balaban J connectivity index is 1.47. The standard InChI is InChI=1S/C27H29FN4O3/c1-16-9-17(2)11-21(10-16)14-31-7-8-32(15-25(31)33)27(35)22-12-20(5-6-23(22)28)13-24-18(3)19(4)26(34)30-29-24/h5-6,9-12H,7-8,13-15H2,1-4H3,(H,30,34). The number of aromatic amines is 1. The Labute approximate surface area is 203 Å². The summed E-state index contributed by atoms with van der Waals surface area (Å²) < 4.78 is 14.6. The molecule has 1 aliphatic rings. The minimum absolute atomic E-state index is 0.0724. The van der Waals surface area contributed by atoms with E-state index in [1.54, 1.807) is 17.9 Å². The van der Waals surface area contributed by atoms with Crippen molar-refractivity contribution < 1.29 is 14.0 Å². The molecular formula is C27H29FN4O3. The van der Waals surface area contributed by atoms with Gasteiger partial charge in [-0.25, -0.2) is 9.49 Å². The van der Waals surface area contributed by atoms with Gasteiger partial charge in [-0.2, -0.15) is 5.10 Å². The van der Waals surface area contributed by atoms with Crippen LogP contribution >= 0.6 is 0 Å².